The molecule has 0 aromatic carbocycles. The van der Waals surface area contributed by atoms with Crippen LogP contribution in [0.1, 0.15) is 39.5 Å². The molecule has 1 saturated heterocycles. The van der Waals surface area contributed by atoms with Crippen molar-refractivity contribution in [2.24, 2.45) is 0 Å². The highest BCUT2D eigenvalue weighted by Crippen LogP contribution is 2.19. The lowest BCUT2D eigenvalue weighted by molar-refractivity contribution is -0.139. The molecule has 1 fully saturated rings. The zero-order chi connectivity index (χ0) is 13.5. The van der Waals surface area contributed by atoms with Crippen molar-refractivity contribution in [3.63, 3.8) is 0 Å². The average molecular weight is 259 g/mol. The number of carboxylic acid groups (broad SMARTS) is 1. The van der Waals surface area contributed by atoms with Crippen molar-refractivity contribution >= 4 is 5.97 Å². The molecule has 5 nitrogen and oxygen atoms in total. The average Bonchev–Trinajstić information content (AvgIpc) is 2.28. The number of nitrogens with zero attached hydrogens (tertiary/aromatic N) is 1. The highest BCUT2D eigenvalue weighted by Gasteiger charge is 2.26. The minimum absolute atomic E-state index is 0.0601. The van der Waals surface area contributed by atoms with Gasteiger partial charge in [0.1, 0.15) is 0 Å². The Morgan fingerprint density at radius 2 is 2.17 bits per heavy atom. The third-order valence-corrected chi connectivity index (χ3v) is 3.23. The number of piperidine rings is 1. The molecule has 2 unspecified atom stereocenters. The summed E-state index contributed by atoms with van der Waals surface area (Å²) in [6.07, 6.45) is 2.79. The summed E-state index contributed by atoms with van der Waals surface area (Å²) in [5, 5.41) is 18.8. The topological polar surface area (TPSA) is 70.0 Å². The summed E-state index contributed by atoms with van der Waals surface area (Å²) in [5.74, 6) is -0.764. The van der Waals surface area contributed by atoms with Gasteiger partial charge in [0.2, 0.25) is 0 Å². The molecule has 2 atom stereocenters. The van der Waals surface area contributed by atoms with E-state index in [1.807, 2.05) is 13.8 Å². The van der Waals surface area contributed by atoms with E-state index in [2.05, 4.69) is 4.90 Å². The largest absolute Gasteiger partial charge is 0.481 e. The first-order valence-electron chi connectivity index (χ1n) is 6.74. The maximum Gasteiger partial charge on any atom is 0.304 e. The number of hydrogen-bond acceptors (Lipinski definition) is 4. The standard InChI is InChI=1S/C13H25NO4/c1-10(2)18-9-12(15)8-14-6-4-3-5-11(14)7-13(16)17/h10-12,15H,3-9H2,1-2H3,(H,16,17). The fourth-order valence-electron chi connectivity index (χ4n) is 2.36. The number of likely N-dealkylation sites (tertiary alicyclic amines) is 1. The quantitative estimate of drug-likeness (QED) is 0.716. The number of hydrogen-bond donors (Lipinski definition) is 2. The van der Waals surface area contributed by atoms with Crippen LogP contribution in [0.15, 0.2) is 0 Å². The number of carboxylic acids is 1. The van der Waals surface area contributed by atoms with Gasteiger partial charge in [0.15, 0.2) is 0 Å². The zero-order valence-electron chi connectivity index (χ0n) is 11.3. The van der Waals surface area contributed by atoms with Crippen LogP contribution in [0.3, 0.4) is 0 Å². The van der Waals surface area contributed by atoms with E-state index in [1.54, 1.807) is 0 Å². The Morgan fingerprint density at radius 1 is 1.44 bits per heavy atom. The first kappa shape index (κ1) is 15.4. The number of ether oxygens (including phenoxy) is 1. The third-order valence-electron chi connectivity index (χ3n) is 3.23. The Kier molecular flexibility index (Phi) is 6.60. The molecule has 0 aliphatic carbocycles. The van der Waals surface area contributed by atoms with Crippen LogP contribution in [0.2, 0.25) is 0 Å². The molecule has 0 saturated carbocycles. The molecule has 0 radical (unpaired) electrons. The number of carbonyl (C=O) groups is 1. The van der Waals surface area contributed by atoms with Crippen LogP contribution in [-0.4, -0.2) is 59.0 Å². The molecule has 5 heteroatoms. The van der Waals surface area contributed by atoms with E-state index in [0.29, 0.717) is 13.2 Å². The summed E-state index contributed by atoms with van der Waals surface area (Å²) in [6, 6.07) is 0.0601. The fraction of sp³-hybridized carbons (Fsp3) is 0.923. The van der Waals surface area contributed by atoms with Crippen LogP contribution in [-0.2, 0) is 9.53 Å². The van der Waals surface area contributed by atoms with Gasteiger partial charge in [0.05, 0.1) is 25.2 Å². The van der Waals surface area contributed by atoms with E-state index >= 15 is 0 Å². The fourth-order valence-corrected chi connectivity index (χ4v) is 2.36. The predicted octanol–water partition coefficient (Wildman–Crippen LogP) is 1.10. The van der Waals surface area contributed by atoms with E-state index in [4.69, 9.17) is 9.84 Å². The Hall–Kier alpha value is -0.650. The third kappa shape index (κ3) is 5.80. The van der Waals surface area contributed by atoms with E-state index in [-0.39, 0.29) is 18.6 Å². The number of aliphatic hydroxyl groups is 1. The van der Waals surface area contributed by atoms with Crippen molar-refractivity contribution < 1.29 is 19.7 Å². The minimum Gasteiger partial charge on any atom is -0.481 e. The second kappa shape index (κ2) is 7.71. The van der Waals surface area contributed by atoms with Crippen molar-refractivity contribution in [2.45, 2.75) is 57.8 Å². The van der Waals surface area contributed by atoms with E-state index in [9.17, 15) is 9.90 Å². The molecular weight excluding hydrogens is 234 g/mol. The normalized spacial score (nSPS) is 23.2. The molecule has 2 N–H and O–H groups in total. The van der Waals surface area contributed by atoms with Gasteiger partial charge in [-0.05, 0) is 33.2 Å². The highest BCUT2D eigenvalue weighted by molar-refractivity contribution is 5.67. The molecule has 1 aliphatic heterocycles. The predicted molar refractivity (Wildman–Crippen MR) is 68.6 cm³/mol. The van der Waals surface area contributed by atoms with Gasteiger partial charge < -0.3 is 14.9 Å². The first-order valence-corrected chi connectivity index (χ1v) is 6.74. The van der Waals surface area contributed by atoms with Crippen LogP contribution >= 0.6 is 0 Å². The van der Waals surface area contributed by atoms with E-state index in [0.717, 1.165) is 25.8 Å². The minimum atomic E-state index is -0.764. The molecule has 0 bridgehead atoms. The molecule has 0 amide bonds. The summed E-state index contributed by atoms with van der Waals surface area (Å²) in [4.78, 5) is 12.9. The number of β-amino-alcohol motifs (C(OH)–C–C–N with tert-alkyl or cyclic N) is 1. The molecule has 0 spiro atoms. The van der Waals surface area contributed by atoms with Gasteiger partial charge in [0, 0.05) is 12.6 Å². The van der Waals surface area contributed by atoms with Crippen molar-refractivity contribution in [3.05, 3.63) is 0 Å². The Morgan fingerprint density at radius 3 is 2.78 bits per heavy atom. The van der Waals surface area contributed by atoms with E-state index < -0.39 is 12.1 Å². The van der Waals surface area contributed by atoms with Crippen molar-refractivity contribution in [1.82, 2.24) is 4.90 Å². The number of rotatable bonds is 7. The molecule has 1 rings (SSSR count). The van der Waals surface area contributed by atoms with E-state index in [1.165, 1.54) is 0 Å². The maximum atomic E-state index is 10.8. The van der Waals surface area contributed by atoms with Gasteiger partial charge in [-0.15, -0.1) is 0 Å². The van der Waals surface area contributed by atoms with Crippen LogP contribution in [0.25, 0.3) is 0 Å². The van der Waals surface area contributed by atoms with Gasteiger partial charge in [-0.2, -0.15) is 0 Å². The van der Waals surface area contributed by atoms with Gasteiger partial charge in [-0.3, -0.25) is 9.69 Å². The Balaban J connectivity index is 2.38. The monoisotopic (exact) mass is 259 g/mol. The van der Waals surface area contributed by atoms with Crippen LogP contribution in [0.4, 0.5) is 0 Å². The first-order chi connectivity index (χ1) is 8.49. The molecule has 1 heterocycles. The Bertz CT molecular complexity index is 257. The van der Waals surface area contributed by atoms with Crippen LogP contribution in [0, 0.1) is 0 Å². The lowest BCUT2D eigenvalue weighted by atomic mass is 9.99. The molecule has 1 aliphatic rings. The van der Waals surface area contributed by atoms with Crippen LogP contribution < -0.4 is 0 Å². The van der Waals surface area contributed by atoms with Crippen molar-refractivity contribution in [1.29, 1.82) is 0 Å². The van der Waals surface area contributed by atoms with Crippen LogP contribution in [0.5, 0.6) is 0 Å². The van der Waals surface area contributed by atoms with Gasteiger partial charge in [-0.1, -0.05) is 6.42 Å². The summed E-state index contributed by atoms with van der Waals surface area (Å²) in [7, 11) is 0. The molecule has 18 heavy (non-hydrogen) atoms. The van der Waals surface area contributed by atoms with Gasteiger partial charge in [-0.25, -0.2) is 0 Å². The zero-order valence-corrected chi connectivity index (χ0v) is 11.3. The molecule has 0 aromatic heterocycles. The summed E-state index contributed by atoms with van der Waals surface area (Å²) >= 11 is 0. The number of aliphatic hydroxyl groups excluding tert-OH is 1. The second-order valence-electron chi connectivity index (χ2n) is 5.28. The number of aliphatic carboxylic acids is 1. The smallest absolute Gasteiger partial charge is 0.304 e. The maximum absolute atomic E-state index is 10.8. The highest BCUT2D eigenvalue weighted by atomic mass is 16.5. The van der Waals surface area contributed by atoms with Crippen molar-refractivity contribution in [3.8, 4) is 0 Å². The summed E-state index contributed by atoms with van der Waals surface area (Å²) in [5.41, 5.74) is 0. The Labute approximate surface area is 109 Å². The lowest BCUT2D eigenvalue weighted by Crippen LogP contribution is -2.45. The van der Waals surface area contributed by atoms with Gasteiger partial charge in [0.25, 0.3) is 0 Å². The van der Waals surface area contributed by atoms with Crippen molar-refractivity contribution in [2.75, 3.05) is 19.7 Å². The molecule has 106 valence electrons. The SMILES string of the molecule is CC(C)OCC(O)CN1CCCCC1CC(=O)O. The summed E-state index contributed by atoms with van der Waals surface area (Å²) < 4.78 is 5.37. The molecule has 0 aromatic rings. The molecular formula is C13H25NO4. The second-order valence-corrected chi connectivity index (χ2v) is 5.28. The lowest BCUT2D eigenvalue weighted by Gasteiger charge is -2.36. The summed E-state index contributed by atoms with van der Waals surface area (Å²) in [6.45, 7) is 5.55. The van der Waals surface area contributed by atoms with Gasteiger partial charge >= 0.3 is 5.97 Å².